The fraction of sp³-hybridized carbons (Fsp3) is 0.188. The van der Waals surface area contributed by atoms with Crippen molar-refractivity contribution >= 4 is 11.3 Å². The van der Waals surface area contributed by atoms with Crippen LogP contribution in [0.3, 0.4) is 0 Å². The fourth-order valence-corrected chi connectivity index (χ4v) is 2.05. The zero-order valence-electron chi connectivity index (χ0n) is 13.5. The SMILES string of the molecule is CCn1cc(COc2ccc(NC=C(C#N)c3nn[nH]n3)cc2)cn1. The van der Waals surface area contributed by atoms with Gasteiger partial charge < -0.3 is 10.1 Å². The van der Waals surface area contributed by atoms with Crippen molar-refractivity contribution in [2.75, 3.05) is 5.32 Å². The lowest BCUT2D eigenvalue weighted by molar-refractivity contribution is 0.306. The van der Waals surface area contributed by atoms with Gasteiger partial charge in [0.2, 0.25) is 5.82 Å². The molecule has 0 radical (unpaired) electrons. The summed E-state index contributed by atoms with van der Waals surface area (Å²) in [5.41, 5.74) is 2.11. The quantitative estimate of drug-likeness (QED) is 0.633. The maximum atomic E-state index is 9.11. The van der Waals surface area contributed by atoms with Crippen molar-refractivity contribution in [3.63, 3.8) is 0 Å². The van der Waals surface area contributed by atoms with Crippen molar-refractivity contribution in [3.8, 4) is 11.8 Å². The maximum absolute atomic E-state index is 9.11. The molecule has 0 aliphatic rings. The van der Waals surface area contributed by atoms with Crippen LogP contribution in [0.4, 0.5) is 5.69 Å². The van der Waals surface area contributed by atoms with Crippen LogP contribution in [-0.2, 0) is 13.2 Å². The molecule has 126 valence electrons. The molecule has 2 heterocycles. The molecule has 0 unspecified atom stereocenters. The number of nitrogens with zero attached hydrogens (tertiary/aromatic N) is 6. The van der Waals surface area contributed by atoms with E-state index < -0.39 is 0 Å². The number of anilines is 1. The molecule has 2 N–H and O–H groups in total. The highest BCUT2D eigenvalue weighted by atomic mass is 16.5. The third kappa shape index (κ3) is 4.20. The van der Waals surface area contributed by atoms with Crippen molar-refractivity contribution in [2.24, 2.45) is 0 Å². The molecule has 0 atom stereocenters. The molecule has 0 amide bonds. The van der Waals surface area contributed by atoms with Gasteiger partial charge in [-0.25, -0.2) is 0 Å². The van der Waals surface area contributed by atoms with Gasteiger partial charge in [-0.2, -0.15) is 15.6 Å². The average Bonchev–Trinajstić information content (AvgIpc) is 3.33. The number of benzene rings is 1. The van der Waals surface area contributed by atoms with Gasteiger partial charge in [0.05, 0.1) is 6.20 Å². The standard InChI is InChI=1S/C16H16N8O/c1-2-24-10-12(8-19-24)11-25-15-5-3-14(4-6-15)18-9-13(7-17)16-20-22-23-21-16/h3-6,8-10,18H,2,11H2,1H3,(H,20,21,22,23). The summed E-state index contributed by atoms with van der Waals surface area (Å²) in [7, 11) is 0. The van der Waals surface area contributed by atoms with Gasteiger partial charge in [-0.05, 0) is 36.4 Å². The number of nitrogens with one attached hydrogen (secondary N) is 2. The number of aromatic nitrogens is 6. The highest BCUT2D eigenvalue weighted by molar-refractivity contribution is 5.74. The van der Waals surface area contributed by atoms with Crippen LogP contribution in [0, 0.1) is 11.3 Å². The number of aryl methyl sites for hydroxylation is 1. The van der Waals surface area contributed by atoms with Crippen LogP contribution in [0.25, 0.3) is 5.57 Å². The number of rotatable bonds is 7. The number of H-pyrrole nitrogens is 1. The minimum absolute atomic E-state index is 0.238. The van der Waals surface area contributed by atoms with Crippen LogP contribution >= 0.6 is 0 Å². The van der Waals surface area contributed by atoms with Crippen LogP contribution in [0.1, 0.15) is 18.3 Å². The van der Waals surface area contributed by atoms with E-state index in [1.807, 2.05) is 48.1 Å². The van der Waals surface area contributed by atoms with Gasteiger partial charge in [0.25, 0.3) is 0 Å². The number of hydrogen-bond acceptors (Lipinski definition) is 7. The molecule has 3 rings (SSSR count). The normalized spacial score (nSPS) is 11.1. The first-order chi connectivity index (χ1) is 12.3. The molecule has 0 spiro atoms. The van der Waals surface area contributed by atoms with E-state index in [4.69, 9.17) is 10.00 Å². The molecule has 1 aromatic carbocycles. The van der Waals surface area contributed by atoms with Gasteiger partial charge in [0.1, 0.15) is 24.0 Å². The molecule has 25 heavy (non-hydrogen) atoms. The highest BCUT2D eigenvalue weighted by Gasteiger charge is 2.05. The summed E-state index contributed by atoms with van der Waals surface area (Å²) in [5, 5.41) is 29.6. The largest absolute Gasteiger partial charge is 0.489 e. The lowest BCUT2D eigenvalue weighted by atomic mass is 10.2. The van der Waals surface area contributed by atoms with Crippen molar-refractivity contribution < 1.29 is 4.74 Å². The molecule has 2 aromatic heterocycles. The predicted molar refractivity (Wildman–Crippen MR) is 90.1 cm³/mol. The second-order valence-electron chi connectivity index (χ2n) is 5.07. The molecule has 0 bridgehead atoms. The molecule has 0 aliphatic carbocycles. The summed E-state index contributed by atoms with van der Waals surface area (Å²) < 4.78 is 7.58. The van der Waals surface area contributed by atoms with E-state index in [0.717, 1.165) is 23.5 Å². The summed E-state index contributed by atoms with van der Waals surface area (Å²) in [4.78, 5) is 0. The van der Waals surface area contributed by atoms with Crippen LogP contribution in [0.15, 0.2) is 42.9 Å². The van der Waals surface area contributed by atoms with Crippen LogP contribution in [-0.4, -0.2) is 30.4 Å². The van der Waals surface area contributed by atoms with Gasteiger partial charge in [-0.15, -0.1) is 10.2 Å². The first-order valence-corrected chi connectivity index (χ1v) is 7.63. The molecular weight excluding hydrogens is 320 g/mol. The second kappa shape index (κ2) is 7.74. The zero-order valence-corrected chi connectivity index (χ0v) is 13.5. The monoisotopic (exact) mass is 336 g/mol. The Kier molecular flexibility index (Phi) is 5.01. The Morgan fingerprint density at radius 2 is 2.24 bits per heavy atom. The summed E-state index contributed by atoms with van der Waals surface area (Å²) in [6, 6.07) is 9.42. The lowest BCUT2D eigenvalue weighted by Crippen LogP contribution is -1.96. The van der Waals surface area contributed by atoms with E-state index in [2.05, 4.69) is 31.0 Å². The fourth-order valence-electron chi connectivity index (χ4n) is 2.05. The Morgan fingerprint density at radius 3 is 2.88 bits per heavy atom. The number of allylic oxidation sites excluding steroid dienone is 1. The first-order valence-electron chi connectivity index (χ1n) is 7.63. The number of aromatic amines is 1. The Hall–Kier alpha value is -3.67. The van der Waals surface area contributed by atoms with E-state index in [1.54, 1.807) is 6.20 Å². The first kappa shape index (κ1) is 16.2. The summed E-state index contributed by atoms with van der Waals surface area (Å²) >= 11 is 0. The summed E-state index contributed by atoms with van der Waals surface area (Å²) in [6.45, 7) is 3.33. The summed E-state index contributed by atoms with van der Waals surface area (Å²) in [5.74, 6) is 0.986. The maximum Gasteiger partial charge on any atom is 0.216 e. The van der Waals surface area contributed by atoms with Crippen LogP contribution in [0.5, 0.6) is 5.75 Å². The number of hydrogen-bond donors (Lipinski definition) is 2. The molecule has 9 nitrogen and oxygen atoms in total. The van der Waals surface area contributed by atoms with Gasteiger partial charge in [0, 0.05) is 30.2 Å². The third-order valence-corrected chi connectivity index (χ3v) is 3.36. The van der Waals surface area contributed by atoms with Crippen molar-refractivity contribution in [1.29, 1.82) is 5.26 Å². The van der Waals surface area contributed by atoms with E-state index in [0.29, 0.717) is 6.61 Å². The van der Waals surface area contributed by atoms with E-state index >= 15 is 0 Å². The Morgan fingerprint density at radius 1 is 1.40 bits per heavy atom. The lowest BCUT2D eigenvalue weighted by Gasteiger charge is -2.06. The Balaban J connectivity index is 1.57. The molecule has 9 heteroatoms. The molecular formula is C16H16N8O. The van der Waals surface area contributed by atoms with Gasteiger partial charge in [0.15, 0.2) is 0 Å². The third-order valence-electron chi connectivity index (χ3n) is 3.36. The van der Waals surface area contributed by atoms with Crippen molar-refractivity contribution in [3.05, 3.63) is 54.2 Å². The van der Waals surface area contributed by atoms with Gasteiger partial charge in [-0.3, -0.25) is 4.68 Å². The van der Waals surface area contributed by atoms with Crippen LogP contribution in [0.2, 0.25) is 0 Å². The number of tetrazole rings is 1. The Bertz CT molecular complexity index is 874. The average molecular weight is 336 g/mol. The smallest absolute Gasteiger partial charge is 0.216 e. The zero-order chi connectivity index (χ0) is 17.5. The Labute approximate surface area is 143 Å². The number of ether oxygens (including phenoxy) is 1. The van der Waals surface area contributed by atoms with E-state index in [1.165, 1.54) is 6.20 Å². The predicted octanol–water partition coefficient (Wildman–Crippen LogP) is 1.97. The topological polar surface area (TPSA) is 117 Å². The van der Waals surface area contributed by atoms with Crippen molar-refractivity contribution in [2.45, 2.75) is 20.1 Å². The molecule has 0 saturated carbocycles. The minimum atomic E-state index is 0.238. The van der Waals surface area contributed by atoms with Gasteiger partial charge in [-0.1, -0.05) is 0 Å². The molecule has 3 aromatic rings. The highest BCUT2D eigenvalue weighted by Crippen LogP contribution is 2.18. The molecule has 0 saturated heterocycles. The van der Waals surface area contributed by atoms with E-state index in [9.17, 15) is 0 Å². The minimum Gasteiger partial charge on any atom is -0.489 e. The molecule has 0 fully saturated rings. The summed E-state index contributed by atoms with van der Waals surface area (Å²) in [6.07, 6.45) is 5.29. The molecule has 0 aliphatic heterocycles. The second-order valence-corrected chi connectivity index (χ2v) is 5.07. The van der Waals surface area contributed by atoms with Gasteiger partial charge >= 0.3 is 0 Å². The van der Waals surface area contributed by atoms with Crippen molar-refractivity contribution in [1.82, 2.24) is 30.4 Å². The van der Waals surface area contributed by atoms with E-state index in [-0.39, 0.29) is 11.4 Å². The van der Waals surface area contributed by atoms with Crippen LogP contribution < -0.4 is 10.1 Å². The number of nitriles is 1.